The van der Waals surface area contributed by atoms with Crippen LogP contribution in [-0.4, -0.2) is 31.5 Å². The molecule has 128 valence electrons. The number of hydrogen-bond donors (Lipinski definition) is 3. The Hall–Kier alpha value is -0.830. The fourth-order valence-electron chi connectivity index (χ4n) is 2.13. The minimum Gasteiger partial charge on any atom is -0.356 e. The van der Waals surface area contributed by atoms with Gasteiger partial charge in [-0.1, -0.05) is 28.9 Å². The molecule has 2 rings (SSSR count). The van der Waals surface area contributed by atoms with Crippen LogP contribution in [-0.2, 0) is 4.79 Å². The molecule has 1 fully saturated rings. The van der Waals surface area contributed by atoms with E-state index in [4.69, 9.17) is 0 Å². The van der Waals surface area contributed by atoms with Crippen molar-refractivity contribution in [2.24, 2.45) is 10.9 Å². The number of carbonyl (C=O) groups excluding carboxylic acids is 1. The Morgan fingerprint density at radius 2 is 2.13 bits per heavy atom. The molecule has 0 aliphatic heterocycles. The van der Waals surface area contributed by atoms with E-state index in [0.29, 0.717) is 24.9 Å². The molecule has 2 atom stereocenters. The maximum absolute atomic E-state index is 12.0. The van der Waals surface area contributed by atoms with Crippen LogP contribution in [0.5, 0.6) is 0 Å². The summed E-state index contributed by atoms with van der Waals surface area (Å²) in [5, 5.41) is 9.44. The van der Waals surface area contributed by atoms with Gasteiger partial charge in [0.1, 0.15) is 0 Å². The van der Waals surface area contributed by atoms with Gasteiger partial charge >= 0.3 is 0 Å². The van der Waals surface area contributed by atoms with Crippen molar-refractivity contribution in [1.82, 2.24) is 10.6 Å². The lowest BCUT2D eigenvalue weighted by molar-refractivity contribution is -0.116. The number of benzene rings is 1. The number of amides is 1. The predicted octanol–water partition coefficient (Wildman–Crippen LogP) is 3.28. The lowest BCUT2D eigenvalue weighted by Crippen LogP contribution is -2.40. The van der Waals surface area contributed by atoms with E-state index >= 15 is 0 Å². The van der Waals surface area contributed by atoms with Gasteiger partial charge in [-0.2, -0.15) is 0 Å². The molecule has 7 heteroatoms. The lowest BCUT2D eigenvalue weighted by atomic mass is 10.2. The maximum Gasteiger partial charge on any atom is 0.226 e. The smallest absolute Gasteiger partial charge is 0.226 e. The monoisotopic (exact) mass is 494 g/mol. The van der Waals surface area contributed by atoms with Gasteiger partial charge in [0, 0.05) is 36.2 Å². The molecule has 0 saturated heterocycles. The minimum absolute atomic E-state index is 0. The fraction of sp³-hybridized carbons (Fsp3) is 0.500. The molecule has 2 unspecified atom stereocenters. The average molecular weight is 495 g/mol. The van der Waals surface area contributed by atoms with Gasteiger partial charge in [0.05, 0.1) is 0 Å². The molecule has 1 aliphatic rings. The van der Waals surface area contributed by atoms with Crippen molar-refractivity contribution < 1.29 is 4.79 Å². The highest BCUT2D eigenvalue weighted by atomic mass is 127. The number of halogens is 2. The van der Waals surface area contributed by atoms with Crippen LogP contribution >= 0.6 is 39.9 Å². The van der Waals surface area contributed by atoms with Gasteiger partial charge in [0.25, 0.3) is 0 Å². The van der Waals surface area contributed by atoms with Gasteiger partial charge in [0.2, 0.25) is 5.91 Å². The molecule has 1 saturated carbocycles. The van der Waals surface area contributed by atoms with Crippen molar-refractivity contribution in [2.75, 3.05) is 18.9 Å². The lowest BCUT2D eigenvalue weighted by Gasteiger charge is -2.12. The van der Waals surface area contributed by atoms with Crippen LogP contribution in [0.25, 0.3) is 0 Å². The van der Waals surface area contributed by atoms with Crippen LogP contribution in [0.3, 0.4) is 0 Å². The van der Waals surface area contributed by atoms with Crippen LogP contribution in [0.4, 0.5) is 5.69 Å². The molecule has 5 nitrogen and oxygen atoms in total. The Balaban J connectivity index is 0.00000264. The standard InChI is InChI=1S/C16H23BrN4O.HI/c1-10-4-5-12(17)9-14(10)20-15(22)6-7-19-16(18-3)21-13-8-11(13)2;/h4-5,9,11,13H,6-8H2,1-3H3,(H,20,22)(H2,18,19,21);1H. The SMILES string of the molecule is CN=C(NCCC(=O)Nc1cc(Br)ccc1C)NC1CC1C.I. The first-order valence-corrected chi connectivity index (χ1v) is 8.32. The van der Waals surface area contributed by atoms with E-state index in [1.54, 1.807) is 7.05 Å². The topological polar surface area (TPSA) is 65.5 Å². The number of nitrogens with one attached hydrogen (secondary N) is 3. The third-order valence-corrected chi connectivity index (χ3v) is 4.27. The number of hydrogen-bond acceptors (Lipinski definition) is 2. The summed E-state index contributed by atoms with van der Waals surface area (Å²) in [6.45, 7) is 4.74. The molecule has 23 heavy (non-hydrogen) atoms. The second kappa shape index (κ2) is 9.46. The average Bonchev–Trinajstić information content (AvgIpc) is 3.17. The first-order chi connectivity index (χ1) is 10.5. The first-order valence-electron chi connectivity index (χ1n) is 7.52. The normalized spacial score (nSPS) is 19.6. The van der Waals surface area contributed by atoms with Crippen molar-refractivity contribution in [1.29, 1.82) is 0 Å². The molecule has 1 aliphatic carbocycles. The summed E-state index contributed by atoms with van der Waals surface area (Å²) in [6, 6.07) is 6.36. The summed E-state index contributed by atoms with van der Waals surface area (Å²) in [4.78, 5) is 16.2. The summed E-state index contributed by atoms with van der Waals surface area (Å²) in [6.07, 6.45) is 1.58. The summed E-state index contributed by atoms with van der Waals surface area (Å²) < 4.78 is 0.953. The molecule has 1 aromatic carbocycles. The Morgan fingerprint density at radius 1 is 1.43 bits per heavy atom. The highest BCUT2D eigenvalue weighted by Gasteiger charge is 2.33. The molecular weight excluding hydrogens is 471 g/mol. The predicted molar refractivity (Wildman–Crippen MR) is 110 cm³/mol. The van der Waals surface area contributed by atoms with E-state index in [0.717, 1.165) is 21.7 Å². The summed E-state index contributed by atoms with van der Waals surface area (Å²) in [5.74, 6) is 1.46. The third-order valence-electron chi connectivity index (χ3n) is 3.77. The van der Waals surface area contributed by atoms with Crippen LogP contribution in [0.15, 0.2) is 27.7 Å². The molecule has 0 heterocycles. The number of anilines is 1. The Labute approximate surface area is 163 Å². The second-order valence-corrected chi connectivity index (χ2v) is 6.64. The van der Waals surface area contributed by atoms with E-state index in [-0.39, 0.29) is 29.9 Å². The summed E-state index contributed by atoms with van der Waals surface area (Å²) >= 11 is 3.41. The fourth-order valence-corrected chi connectivity index (χ4v) is 2.49. The van der Waals surface area contributed by atoms with E-state index < -0.39 is 0 Å². The second-order valence-electron chi connectivity index (χ2n) is 5.72. The van der Waals surface area contributed by atoms with Gasteiger partial charge < -0.3 is 16.0 Å². The number of carbonyl (C=O) groups is 1. The van der Waals surface area contributed by atoms with Gasteiger partial charge in [-0.3, -0.25) is 9.79 Å². The van der Waals surface area contributed by atoms with E-state index in [9.17, 15) is 4.79 Å². The molecule has 0 spiro atoms. The van der Waals surface area contributed by atoms with E-state index in [1.807, 2.05) is 25.1 Å². The molecule has 0 bridgehead atoms. The number of aryl methyl sites for hydroxylation is 1. The van der Waals surface area contributed by atoms with Crippen LogP contribution < -0.4 is 16.0 Å². The number of rotatable bonds is 5. The summed E-state index contributed by atoms with van der Waals surface area (Å²) in [7, 11) is 1.74. The van der Waals surface area contributed by atoms with Gasteiger partial charge in [-0.25, -0.2) is 0 Å². The molecule has 3 N–H and O–H groups in total. The van der Waals surface area contributed by atoms with E-state index in [2.05, 4.69) is 43.8 Å². The highest BCUT2D eigenvalue weighted by molar-refractivity contribution is 14.0. The van der Waals surface area contributed by atoms with Crippen molar-refractivity contribution in [3.05, 3.63) is 28.2 Å². The third kappa shape index (κ3) is 6.66. The molecule has 0 aromatic heterocycles. The van der Waals surface area contributed by atoms with Crippen molar-refractivity contribution in [3.8, 4) is 0 Å². The number of nitrogens with zero attached hydrogens (tertiary/aromatic N) is 1. The van der Waals surface area contributed by atoms with Crippen LogP contribution in [0, 0.1) is 12.8 Å². The van der Waals surface area contributed by atoms with Gasteiger partial charge in [0.15, 0.2) is 5.96 Å². The zero-order chi connectivity index (χ0) is 16.1. The van der Waals surface area contributed by atoms with Crippen molar-refractivity contribution >= 4 is 57.5 Å². The van der Waals surface area contributed by atoms with E-state index in [1.165, 1.54) is 6.42 Å². The zero-order valence-electron chi connectivity index (χ0n) is 13.6. The molecule has 0 radical (unpaired) electrons. The Morgan fingerprint density at radius 3 is 2.74 bits per heavy atom. The van der Waals surface area contributed by atoms with Gasteiger partial charge in [-0.05, 0) is 37.0 Å². The van der Waals surface area contributed by atoms with Crippen molar-refractivity contribution in [2.45, 2.75) is 32.7 Å². The molecule has 1 amide bonds. The largest absolute Gasteiger partial charge is 0.356 e. The molecule has 1 aromatic rings. The summed E-state index contributed by atoms with van der Waals surface area (Å²) in [5.41, 5.74) is 1.89. The van der Waals surface area contributed by atoms with Crippen molar-refractivity contribution in [3.63, 3.8) is 0 Å². The first kappa shape index (κ1) is 20.2. The molecular formula is C16H24BrIN4O. The number of aliphatic imine (C=N–C) groups is 1. The Kier molecular flexibility index (Phi) is 8.32. The van der Waals surface area contributed by atoms with Crippen LogP contribution in [0.1, 0.15) is 25.3 Å². The maximum atomic E-state index is 12.0. The number of guanidine groups is 1. The zero-order valence-corrected chi connectivity index (χ0v) is 17.6. The van der Waals surface area contributed by atoms with Crippen LogP contribution in [0.2, 0.25) is 0 Å². The Bertz CT molecular complexity index is 579. The van der Waals surface area contributed by atoms with Gasteiger partial charge in [-0.15, -0.1) is 24.0 Å². The highest BCUT2D eigenvalue weighted by Crippen LogP contribution is 2.28. The minimum atomic E-state index is -0.0102. The quantitative estimate of drug-likeness (QED) is 0.334.